The highest BCUT2D eigenvalue weighted by molar-refractivity contribution is 9.13. The van der Waals surface area contributed by atoms with Crippen molar-refractivity contribution in [3.8, 4) is 11.5 Å². The predicted octanol–water partition coefficient (Wildman–Crippen LogP) is 7.80. The predicted molar refractivity (Wildman–Crippen MR) is 174 cm³/mol. The number of nitrogens with zero attached hydrogens (tertiary/aromatic N) is 3. The Labute approximate surface area is 263 Å². The largest absolute Gasteiger partial charge is 0.490 e. The van der Waals surface area contributed by atoms with E-state index in [0.29, 0.717) is 49.3 Å². The number of para-hydroxylation sites is 1. The molecule has 0 bridgehead atoms. The molecular weight excluding hydrogens is 720 g/mol. The van der Waals surface area contributed by atoms with E-state index in [-0.39, 0.29) is 24.0 Å². The van der Waals surface area contributed by atoms with Gasteiger partial charge in [-0.05, 0) is 88.0 Å². The zero-order chi connectivity index (χ0) is 29.7. The van der Waals surface area contributed by atoms with Gasteiger partial charge in [0.25, 0.3) is 11.5 Å². The van der Waals surface area contributed by atoms with Gasteiger partial charge in [-0.1, -0.05) is 48.0 Å². The van der Waals surface area contributed by atoms with Crippen LogP contribution >= 0.6 is 47.8 Å². The minimum Gasteiger partial charge on any atom is -0.490 e. The van der Waals surface area contributed by atoms with E-state index in [4.69, 9.17) is 14.5 Å². The van der Waals surface area contributed by atoms with Gasteiger partial charge in [0.05, 0.1) is 28.2 Å². The lowest BCUT2D eigenvalue weighted by atomic mass is 10.1. The lowest BCUT2D eigenvalue weighted by Crippen LogP contribution is -2.23. The Bertz CT molecular complexity index is 1690. The molecule has 4 rings (SSSR count). The molecule has 1 N–H and O–H groups in total. The number of aromatic nitrogens is 2. The lowest BCUT2D eigenvalue weighted by molar-refractivity contribution is -0.118. The first-order valence-corrected chi connectivity index (χ1v) is 15.4. The summed E-state index contributed by atoms with van der Waals surface area (Å²) in [4.78, 5) is 30.9. The Morgan fingerprint density at radius 1 is 1.10 bits per heavy atom. The molecule has 1 atom stereocenters. The minimum atomic E-state index is -0.303. The van der Waals surface area contributed by atoms with Crippen molar-refractivity contribution in [1.29, 1.82) is 0 Å². The number of ether oxygens (including phenoxy) is 2. The molecule has 41 heavy (non-hydrogen) atoms. The molecule has 0 aliphatic rings. The van der Waals surface area contributed by atoms with Crippen LogP contribution in [0.25, 0.3) is 10.9 Å². The van der Waals surface area contributed by atoms with Gasteiger partial charge in [-0.25, -0.2) is 4.98 Å². The van der Waals surface area contributed by atoms with Gasteiger partial charge in [-0.2, -0.15) is 9.78 Å². The number of anilines is 1. The summed E-state index contributed by atoms with van der Waals surface area (Å²) in [5, 5.41) is 7.90. The van der Waals surface area contributed by atoms with E-state index in [1.807, 2.05) is 64.1 Å². The molecule has 0 fully saturated rings. The molecule has 0 radical (unpaired) electrons. The number of fused-ring (bicyclic) bond motifs is 1. The molecule has 0 unspecified atom stereocenters. The van der Waals surface area contributed by atoms with Crippen molar-refractivity contribution >= 4 is 76.5 Å². The molecule has 0 aliphatic heterocycles. The Hall–Kier alpha value is -3.02. The Balaban J connectivity index is 1.68. The van der Waals surface area contributed by atoms with Crippen LogP contribution in [0.1, 0.15) is 50.1 Å². The van der Waals surface area contributed by atoms with Crippen LogP contribution in [-0.4, -0.2) is 35.0 Å². The number of amides is 1. The fraction of sp³-hybridized carbons (Fsp3) is 0.267. The van der Waals surface area contributed by atoms with Crippen LogP contribution in [0.15, 0.2) is 71.8 Å². The van der Waals surface area contributed by atoms with Gasteiger partial charge in [0.2, 0.25) is 0 Å². The summed E-state index contributed by atoms with van der Waals surface area (Å²) >= 11 is 10.6. The van der Waals surface area contributed by atoms with Gasteiger partial charge in [-0.15, -0.1) is 0 Å². The molecule has 4 aromatic rings. The number of aryl methyl sites for hydroxylation is 1. The first-order valence-electron chi connectivity index (χ1n) is 13.0. The quantitative estimate of drug-likeness (QED) is 0.167. The van der Waals surface area contributed by atoms with Crippen molar-refractivity contribution in [2.24, 2.45) is 5.10 Å². The zero-order valence-corrected chi connectivity index (χ0v) is 27.8. The van der Waals surface area contributed by atoms with E-state index in [1.54, 1.807) is 18.3 Å². The molecule has 1 aromatic heterocycles. The lowest BCUT2D eigenvalue weighted by Gasteiger charge is -2.17. The van der Waals surface area contributed by atoms with Crippen molar-refractivity contribution < 1.29 is 14.3 Å². The standard InChI is InChI=1S/C30H29Br3N4O4/c1-5-17(3)29-36-23-12-11-20(31)14-21(23)30(39)37(29)34-15-19-13-24(40-6-2)28(27(33)26(19)32)41-16-25(38)35-22-10-8-7-9-18(22)4/h7-15,17H,5-6,16H2,1-4H3,(H,35,38)/t17-/m0/s1. The number of hydrogen-bond donors (Lipinski definition) is 1. The smallest absolute Gasteiger partial charge is 0.282 e. The average Bonchev–Trinajstić information content (AvgIpc) is 2.95. The third-order valence-corrected chi connectivity index (χ3v) is 9.06. The number of hydrogen-bond acceptors (Lipinski definition) is 6. The number of rotatable bonds is 10. The van der Waals surface area contributed by atoms with Gasteiger partial charge in [0.1, 0.15) is 5.82 Å². The van der Waals surface area contributed by atoms with Crippen LogP contribution in [0, 0.1) is 6.92 Å². The summed E-state index contributed by atoms with van der Waals surface area (Å²) in [6, 6.07) is 14.7. The second-order valence-electron chi connectivity index (χ2n) is 9.31. The van der Waals surface area contributed by atoms with Crippen LogP contribution in [0.2, 0.25) is 0 Å². The monoisotopic (exact) mass is 746 g/mol. The number of carbonyl (C=O) groups excluding carboxylic acids is 1. The summed E-state index contributed by atoms with van der Waals surface area (Å²) in [5.74, 6) is 1.06. The number of nitrogens with one attached hydrogen (secondary N) is 1. The third-order valence-electron chi connectivity index (χ3n) is 6.42. The van der Waals surface area contributed by atoms with Gasteiger partial charge < -0.3 is 14.8 Å². The third kappa shape index (κ3) is 7.07. The van der Waals surface area contributed by atoms with E-state index < -0.39 is 0 Å². The van der Waals surface area contributed by atoms with E-state index in [9.17, 15) is 9.59 Å². The van der Waals surface area contributed by atoms with Crippen molar-refractivity contribution in [1.82, 2.24) is 9.66 Å². The van der Waals surface area contributed by atoms with E-state index in [2.05, 4.69) is 58.2 Å². The summed E-state index contributed by atoms with van der Waals surface area (Å²) in [6.45, 7) is 7.98. The van der Waals surface area contributed by atoms with Gasteiger partial charge in [0, 0.05) is 26.1 Å². The zero-order valence-electron chi connectivity index (χ0n) is 23.0. The summed E-state index contributed by atoms with van der Waals surface area (Å²) in [6.07, 6.45) is 2.36. The highest BCUT2D eigenvalue weighted by atomic mass is 79.9. The molecule has 3 aromatic carbocycles. The van der Waals surface area contributed by atoms with Crippen LogP contribution in [-0.2, 0) is 4.79 Å². The van der Waals surface area contributed by atoms with Gasteiger partial charge >= 0.3 is 0 Å². The van der Waals surface area contributed by atoms with E-state index >= 15 is 0 Å². The average molecular weight is 749 g/mol. The first-order chi connectivity index (χ1) is 19.6. The molecule has 11 heteroatoms. The molecule has 0 saturated carbocycles. The number of carbonyl (C=O) groups is 1. The SMILES string of the molecule is CCOc1cc(C=Nn2c([C@@H](C)CC)nc3ccc(Br)cc3c2=O)c(Br)c(Br)c1OCC(=O)Nc1ccccc1C. The molecule has 214 valence electrons. The van der Waals surface area contributed by atoms with Crippen LogP contribution < -0.4 is 20.3 Å². The van der Waals surface area contributed by atoms with Crippen molar-refractivity contribution in [2.45, 2.75) is 40.0 Å². The number of halogens is 3. The molecule has 0 saturated heterocycles. The number of benzene rings is 3. The van der Waals surface area contributed by atoms with Crippen molar-refractivity contribution in [2.75, 3.05) is 18.5 Å². The second-order valence-corrected chi connectivity index (χ2v) is 11.8. The van der Waals surface area contributed by atoms with Gasteiger partial charge in [-0.3, -0.25) is 9.59 Å². The van der Waals surface area contributed by atoms with Crippen LogP contribution in [0.4, 0.5) is 5.69 Å². The molecule has 1 amide bonds. The molecular formula is C30H29Br3N4O4. The Kier molecular flexibility index (Phi) is 10.4. The fourth-order valence-electron chi connectivity index (χ4n) is 4.03. The first kappa shape index (κ1) is 30.9. The van der Waals surface area contributed by atoms with Crippen LogP contribution in [0.3, 0.4) is 0 Å². The molecule has 1 heterocycles. The maximum Gasteiger partial charge on any atom is 0.282 e. The summed E-state index contributed by atoms with van der Waals surface area (Å²) < 4.78 is 15.1. The molecule has 0 aliphatic carbocycles. The highest BCUT2D eigenvalue weighted by Gasteiger charge is 2.20. The Morgan fingerprint density at radius 3 is 2.56 bits per heavy atom. The maximum absolute atomic E-state index is 13.5. The summed E-state index contributed by atoms with van der Waals surface area (Å²) in [5.41, 5.74) is 2.67. The van der Waals surface area contributed by atoms with Crippen LogP contribution in [0.5, 0.6) is 11.5 Å². The normalized spacial score (nSPS) is 12.1. The molecule has 0 spiro atoms. The maximum atomic E-state index is 13.5. The van der Waals surface area contributed by atoms with Gasteiger partial charge in [0.15, 0.2) is 18.1 Å². The highest BCUT2D eigenvalue weighted by Crippen LogP contribution is 2.42. The Morgan fingerprint density at radius 2 is 1.85 bits per heavy atom. The van der Waals surface area contributed by atoms with Crippen molar-refractivity contribution in [3.05, 3.63) is 89.3 Å². The van der Waals surface area contributed by atoms with E-state index in [0.717, 1.165) is 22.1 Å². The fourth-order valence-corrected chi connectivity index (χ4v) is 5.33. The van der Waals surface area contributed by atoms with Crippen molar-refractivity contribution in [3.63, 3.8) is 0 Å². The molecule has 8 nitrogen and oxygen atoms in total. The summed E-state index contributed by atoms with van der Waals surface area (Å²) in [7, 11) is 0. The minimum absolute atomic E-state index is 0.00338. The topological polar surface area (TPSA) is 94.8 Å². The van der Waals surface area contributed by atoms with E-state index in [1.165, 1.54) is 4.68 Å². The second kappa shape index (κ2) is 13.8.